The number of carbonyl (C=O) groups is 1. The number of aryl methyl sites for hydroxylation is 1. The van der Waals surface area contributed by atoms with Crippen molar-refractivity contribution in [3.05, 3.63) is 35.4 Å². The number of halogens is 1. The van der Waals surface area contributed by atoms with Gasteiger partial charge in [-0.1, -0.05) is 38.1 Å². The molecule has 1 fully saturated rings. The van der Waals surface area contributed by atoms with Gasteiger partial charge in [-0.15, -0.1) is 24.0 Å². The van der Waals surface area contributed by atoms with Crippen LogP contribution < -0.4 is 10.6 Å². The zero-order valence-corrected chi connectivity index (χ0v) is 18.6. The van der Waals surface area contributed by atoms with Crippen LogP contribution >= 0.6 is 24.0 Å². The van der Waals surface area contributed by atoms with Gasteiger partial charge in [0, 0.05) is 38.6 Å². The highest BCUT2D eigenvalue weighted by Gasteiger charge is 2.25. The van der Waals surface area contributed by atoms with E-state index in [0.29, 0.717) is 6.42 Å². The van der Waals surface area contributed by atoms with Crippen molar-refractivity contribution < 1.29 is 4.79 Å². The molecule has 2 rings (SSSR count). The second-order valence-electron chi connectivity index (χ2n) is 6.50. The van der Waals surface area contributed by atoms with Crippen LogP contribution in [0.4, 0.5) is 0 Å². The molecule has 1 aromatic rings. The van der Waals surface area contributed by atoms with E-state index in [-0.39, 0.29) is 35.9 Å². The lowest BCUT2D eigenvalue weighted by Crippen LogP contribution is -2.45. The van der Waals surface area contributed by atoms with E-state index in [0.717, 1.165) is 51.4 Å². The zero-order valence-electron chi connectivity index (χ0n) is 16.3. The van der Waals surface area contributed by atoms with Gasteiger partial charge < -0.3 is 15.5 Å². The fraction of sp³-hybridized carbons (Fsp3) is 0.600. The van der Waals surface area contributed by atoms with Crippen molar-refractivity contribution in [1.82, 2.24) is 15.5 Å². The number of hydrogen-bond donors (Lipinski definition) is 2. The second kappa shape index (κ2) is 12.1. The molecule has 1 aromatic carbocycles. The summed E-state index contributed by atoms with van der Waals surface area (Å²) in [5, 5.41) is 6.78. The summed E-state index contributed by atoms with van der Waals surface area (Å²) >= 11 is 0. The number of carbonyl (C=O) groups excluding carboxylic acids is 1. The normalized spacial score (nSPS) is 17.0. The maximum Gasteiger partial charge on any atom is 0.222 e. The van der Waals surface area contributed by atoms with Crippen LogP contribution in [0.5, 0.6) is 0 Å². The average molecular weight is 472 g/mol. The SMILES string of the molecule is CCNC(=NCCc1ccc(CC)cc1)NC1CCN(C(=O)CC)C1.I. The van der Waals surface area contributed by atoms with Crippen LogP contribution in [0.1, 0.15) is 44.7 Å². The third kappa shape index (κ3) is 7.13. The highest BCUT2D eigenvalue weighted by Crippen LogP contribution is 2.10. The molecule has 2 N–H and O–H groups in total. The monoisotopic (exact) mass is 472 g/mol. The van der Waals surface area contributed by atoms with Crippen molar-refractivity contribution in [3.8, 4) is 0 Å². The summed E-state index contributed by atoms with van der Waals surface area (Å²) in [6.07, 6.45) is 3.57. The van der Waals surface area contributed by atoms with Crippen molar-refractivity contribution in [1.29, 1.82) is 0 Å². The molecule has 0 saturated carbocycles. The topological polar surface area (TPSA) is 56.7 Å². The van der Waals surface area contributed by atoms with Crippen molar-refractivity contribution in [2.45, 2.75) is 52.5 Å². The van der Waals surface area contributed by atoms with Crippen LogP contribution in [0, 0.1) is 0 Å². The number of guanidine groups is 1. The second-order valence-corrected chi connectivity index (χ2v) is 6.50. The van der Waals surface area contributed by atoms with Crippen molar-refractivity contribution in [2.24, 2.45) is 4.99 Å². The summed E-state index contributed by atoms with van der Waals surface area (Å²) in [4.78, 5) is 18.4. The van der Waals surface area contributed by atoms with E-state index in [1.54, 1.807) is 0 Å². The molecule has 1 aliphatic rings. The van der Waals surface area contributed by atoms with Gasteiger partial charge in [-0.05, 0) is 37.3 Å². The third-order valence-electron chi connectivity index (χ3n) is 4.63. The van der Waals surface area contributed by atoms with Gasteiger partial charge in [-0.3, -0.25) is 9.79 Å². The molecule has 0 aliphatic carbocycles. The van der Waals surface area contributed by atoms with Crippen LogP contribution in [0.3, 0.4) is 0 Å². The smallest absolute Gasteiger partial charge is 0.222 e. The Bertz CT molecular complexity index is 574. The molecule has 0 bridgehead atoms. The molecule has 146 valence electrons. The molecule has 0 aromatic heterocycles. The standard InChI is InChI=1S/C20H32N4O.HI/c1-4-16-7-9-17(10-8-16)11-13-22-20(21-6-3)23-18-12-14-24(15-18)19(25)5-2;/h7-10,18H,4-6,11-15H2,1-3H3,(H2,21,22,23);1H. The highest BCUT2D eigenvalue weighted by atomic mass is 127. The molecule has 1 aliphatic heterocycles. The lowest BCUT2D eigenvalue weighted by atomic mass is 10.1. The number of rotatable bonds is 7. The van der Waals surface area contributed by atoms with Crippen LogP contribution in [-0.2, 0) is 17.6 Å². The van der Waals surface area contributed by atoms with Gasteiger partial charge in [0.2, 0.25) is 5.91 Å². The lowest BCUT2D eigenvalue weighted by Gasteiger charge is -2.18. The van der Waals surface area contributed by atoms with E-state index in [1.807, 2.05) is 11.8 Å². The summed E-state index contributed by atoms with van der Waals surface area (Å²) < 4.78 is 0. The molecule has 1 unspecified atom stereocenters. The van der Waals surface area contributed by atoms with E-state index in [9.17, 15) is 4.79 Å². The number of hydrogen-bond acceptors (Lipinski definition) is 2. The first kappa shape index (κ1) is 22.7. The molecule has 1 atom stereocenters. The quantitative estimate of drug-likeness (QED) is 0.365. The van der Waals surface area contributed by atoms with Gasteiger partial charge in [0.1, 0.15) is 0 Å². The molecule has 1 heterocycles. The summed E-state index contributed by atoms with van der Waals surface area (Å²) in [6.45, 7) is 9.37. The van der Waals surface area contributed by atoms with Gasteiger partial charge in [-0.25, -0.2) is 0 Å². The van der Waals surface area contributed by atoms with E-state index in [4.69, 9.17) is 4.99 Å². The van der Waals surface area contributed by atoms with Gasteiger partial charge in [-0.2, -0.15) is 0 Å². The highest BCUT2D eigenvalue weighted by molar-refractivity contribution is 14.0. The molecule has 1 amide bonds. The van der Waals surface area contributed by atoms with Crippen LogP contribution in [0.25, 0.3) is 0 Å². The number of likely N-dealkylation sites (tertiary alicyclic amines) is 1. The molecule has 26 heavy (non-hydrogen) atoms. The Labute approximate surface area is 175 Å². The Morgan fingerprint density at radius 1 is 1.19 bits per heavy atom. The van der Waals surface area contributed by atoms with Gasteiger partial charge in [0.05, 0.1) is 0 Å². The zero-order chi connectivity index (χ0) is 18.1. The van der Waals surface area contributed by atoms with E-state index < -0.39 is 0 Å². The van der Waals surface area contributed by atoms with Gasteiger partial charge >= 0.3 is 0 Å². The molecular formula is C20H33IN4O. The lowest BCUT2D eigenvalue weighted by molar-refractivity contribution is -0.129. The fourth-order valence-corrected chi connectivity index (χ4v) is 3.08. The van der Waals surface area contributed by atoms with Crippen molar-refractivity contribution >= 4 is 35.8 Å². The summed E-state index contributed by atoms with van der Waals surface area (Å²) in [7, 11) is 0. The number of amides is 1. The Kier molecular flexibility index (Phi) is 10.6. The average Bonchev–Trinajstić information content (AvgIpc) is 3.10. The Morgan fingerprint density at radius 3 is 2.50 bits per heavy atom. The maximum atomic E-state index is 11.8. The molecule has 1 saturated heterocycles. The van der Waals surface area contributed by atoms with Crippen LogP contribution in [-0.4, -0.2) is 49.0 Å². The number of benzene rings is 1. The first-order chi connectivity index (χ1) is 12.2. The Hall–Kier alpha value is -1.31. The van der Waals surface area contributed by atoms with E-state index in [2.05, 4.69) is 48.7 Å². The van der Waals surface area contributed by atoms with Crippen molar-refractivity contribution in [2.75, 3.05) is 26.2 Å². The first-order valence-electron chi connectivity index (χ1n) is 9.56. The minimum Gasteiger partial charge on any atom is -0.357 e. The number of nitrogens with one attached hydrogen (secondary N) is 2. The maximum absolute atomic E-state index is 11.8. The predicted molar refractivity (Wildman–Crippen MR) is 119 cm³/mol. The minimum absolute atomic E-state index is 0. The molecule has 5 nitrogen and oxygen atoms in total. The van der Waals surface area contributed by atoms with Crippen molar-refractivity contribution in [3.63, 3.8) is 0 Å². The van der Waals surface area contributed by atoms with Gasteiger partial charge in [0.15, 0.2) is 5.96 Å². The first-order valence-corrected chi connectivity index (χ1v) is 9.56. The number of aliphatic imine (C=N–C) groups is 1. The minimum atomic E-state index is 0. The largest absolute Gasteiger partial charge is 0.357 e. The number of nitrogens with zero attached hydrogens (tertiary/aromatic N) is 2. The Balaban J connectivity index is 0.00000338. The molecule has 0 spiro atoms. The molecule has 6 heteroatoms. The van der Waals surface area contributed by atoms with Crippen LogP contribution in [0.15, 0.2) is 29.3 Å². The third-order valence-corrected chi connectivity index (χ3v) is 4.63. The fourth-order valence-electron chi connectivity index (χ4n) is 3.08. The summed E-state index contributed by atoms with van der Waals surface area (Å²) in [6, 6.07) is 9.07. The predicted octanol–water partition coefficient (Wildman–Crippen LogP) is 2.98. The molecule has 0 radical (unpaired) electrons. The summed E-state index contributed by atoms with van der Waals surface area (Å²) in [5.74, 6) is 1.09. The van der Waals surface area contributed by atoms with E-state index in [1.165, 1.54) is 11.1 Å². The summed E-state index contributed by atoms with van der Waals surface area (Å²) in [5.41, 5.74) is 2.69. The molecular weight excluding hydrogens is 439 g/mol. The van der Waals surface area contributed by atoms with Gasteiger partial charge in [0.25, 0.3) is 0 Å². The van der Waals surface area contributed by atoms with Crippen LogP contribution in [0.2, 0.25) is 0 Å². The van der Waals surface area contributed by atoms with E-state index >= 15 is 0 Å². The Morgan fingerprint density at radius 2 is 1.88 bits per heavy atom.